The maximum Gasteiger partial charge on any atom is 0.412 e. The molecule has 0 radical (unpaired) electrons. The van der Waals surface area contributed by atoms with E-state index in [0.29, 0.717) is 36.8 Å². The zero-order valence-corrected chi connectivity index (χ0v) is 36.6. The molecule has 2 heterocycles. The van der Waals surface area contributed by atoms with Crippen LogP contribution in [0.3, 0.4) is 0 Å². The Kier molecular flexibility index (Phi) is 13.6. The summed E-state index contributed by atoms with van der Waals surface area (Å²) >= 11 is 0. The number of hydrogen-bond acceptors (Lipinski definition) is 12. The number of benzene rings is 5. The molecule has 16 nitrogen and oxygen atoms in total. The van der Waals surface area contributed by atoms with Gasteiger partial charge in [0.15, 0.2) is 16.9 Å². The number of amides is 2. The van der Waals surface area contributed by atoms with Gasteiger partial charge in [0.2, 0.25) is 21.4 Å². The Balaban J connectivity index is 1.33. The van der Waals surface area contributed by atoms with E-state index in [9.17, 15) is 42.5 Å². The number of sulfonamides is 1. The zero-order chi connectivity index (χ0) is 46.5. The van der Waals surface area contributed by atoms with Crippen molar-refractivity contribution in [3.05, 3.63) is 152 Å². The molecule has 0 aliphatic carbocycles. The molecule has 0 fully saturated rings. The number of fused-ring (bicyclic) bond motifs is 4. The number of Topliss-reactive ketones (excluding diaryl/α,β-unsaturated/α-hetero) is 1. The number of nitro benzene ring substituents is 1. The summed E-state index contributed by atoms with van der Waals surface area (Å²) in [5, 5.41) is 16.6. The third kappa shape index (κ3) is 9.23. The van der Waals surface area contributed by atoms with Gasteiger partial charge in [-0.2, -0.15) is 4.72 Å². The van der Waals surface area contributed by atoms with Gasteiger partial charge in [-0.3, -0.25) is 29.8 Å². The van der Waals surface area contributed by atoms with Crippen LogP contribution in [0.4, 0.5) is 21.9 Å². The van der Waals surface area contributed by atoms with Gasteiger partial charge in [-0.15, -0.1) is 0 Å². The Morgan fingerprint density at radius 1 is 0.815 bits per heavy atom. The van der Waals surface area contributed by atoms with Gasteiger partial charge in [0.1, 0.15) is 11.5 Å². The normalized spacial score (nSPS) is 14.3. The van der Waals surface area contributed by atoms with E-state index in [1.807, 2.05) is 13.8 Å². The van der Waals surface area contributed by atoms with E-state index >= 15 is 0 Å². The standard InChI is InChI=1S/C48H46N4O12S/c1-4-7-25-48(26-8-5-2)44(54)34-23-24-35-40(53)36-27-31(45(55)62-6-3)28-37(42(36)63-43(35)39(34)50-46(48)56)49-47(57)64-41(30-17-13-10-14-18-30)38(29-15-11-9-12-16-29)51-65(60,61)33-21-19-32(20-22-33)52(58)59/h9-24,27-28,38,41,51H,4-8,25-26H2,1-3H3,(H,49,57)(H,50,56)/t38-,41+/m0/s1. The van der Waals surface area contributed by atoms with Crippen molar-refractivity contribution in [1.29, 1.82) is 0 Å². The lowest BCUT2D eigenvalue weighted by molar-refractivity contribution is -0.384. The van der Waals surface area contributed by atoms with Crippen molar-refractivity contribution in [3.8, 4) is 0 Å². The number of non-ortho nitro benzene ring substituents is 1. The molecule has 2 atom stereocenters. The summed E-state index contributed by atoms with van der Waals surface area (Å²) < 4.78 is 48.3. The van der Waals surface area contributed by atoms with Crippen molar-refractivity contribution in [2.75, 3.05) is 17.2 Å². The van der Waals surface area contributed by atoms with Crippen LogP contribution in [0.25, 0.3) is 21.9 Å². The highest BCUT2D eigenvalue weighted by Gasteiger charge is 2.49. The van der Waals surface area contributed by atoms with Crippen LogP contribution in [0, 0.1) is 15.5 Å². The molecule has 0 saturated heterocycles. The zero-order valence-electron chi connectivity index (χ0n) is 35.8. The molecule has 2 amide bonds. The third-order valence-corrected chi connectivity index (χ3v) is 12.9. The van der Waals surface area contributed by atoms with E-state index in [0.717, 1.165) is 37.1 Å². The van der Waals surface area contributed by atoms with Crippen molar-refractivity contribution in [2.24, 2.45) is 5.41 Å². The average molecular weight is 903 g/mol. The molecule has 1 aliphatic heterocycles. The summed E-state index contributed by atoms with van der Waals surface area (Å²) in [6.07, 6.45) is 0.930. The van der Waals surface area contributed by atoms with Crippen LogP contribution in [-0.4, -0.2) is 43.7 Å². The topological polar surface area (TPSA) is 230 Å². The maximum atomic E-state index is 14.4. The number of carbonyl (C=O) groups excluding carboxylic acids is 4. The van der Waals surface area contributed by atoms with E-state index in [1.54, 1.807) is 67.6 Å². The molecule has 7 rings (SSSR count). The summed E-state index contributed by atoms with van der Waals surface area (Å²) in [4.78, 5) is 80.6. The lowest BCUT2D eigenvalue weighted by Crippen LogP contribution is -2.47. The van der Waals surface area contributed by atoms with Gasteiger partial charge in [-0.05, 0) is 67.3 Å². The molecule has 0 spiro atoms. The highest BCUT2D eigenvalue weighted by Crippen LogP contribution is 2.44. The average Bonchev–Trinajstić information content (AvgIpc) is 3.31. The third-order valence-electron chi connectivity index (χ3n) is 11.4. The second-order valence-corrected chi connectivity index (χ2v) is 17.3. The van der Waals surface area contributed by atoms with E-state index in [-0.39, 0.29) is 67.4 Å². The Morgan fingerprint density at radius 2 is 1.45 bits per heavy atom. The molecule has 0 saturated carbocycles. The second-order valence-electron chi connectivity index (χ2n) is 15.6. The number of rotatable bonds is 17. The number of ether oxygens (including phenoxy) is 2. The summed E-state index contributed by atoms with van der Waals surface area (Å²) in [6.45, 7) is 5.54. The van der Waals surface area contributed by atoms with Crippen LogP contribution in [0.5, 0.6) is 0 Å². The number of anilines is 2. The first-order valence-electron chi connectivity index (χ1n) is 21.2. The predicted molar refractivity (Wildman–Crippen MR) is 242 cm³/mol. The van der Waals surface area contributed by atoms with E-state index < -0.39 is 55.9 Å². The highest BCUT2D eigenvalue weighted by atomic mass is 32.2. The van der Waals surface area contributed by atoms with Crippen molar-refractivity contribution in [1.82, 2.24) is 4.72 Å². The molecule has 65 heavy (non-hydrogen) atoms. The number of carbonyl (C=O) groups is 4. The summed E-state index contributed by atoms with van der Waals surface area (Å²) in [7, 11) is -4.44. The lowest BCUT2D eigenvalue weighted by Gasteiger charge is -2.35. The first kappa shape index (κ1) is 45.8. The minimum atomic E-state index is -4.44. The van der Waals surface area contributed by atoms with Gasteiger partial charge in [0.05, 0.1) is 50.2 Å². The van der Waals surface area contributed by atoms with Gasteiger partial charge < -0.3 is 19.2 Å². The fraction of sp³-hybridized carbons (Fsp3) is 0.271. The summed E-state index contributed by atoms with van der Waals surface area (Å²) in [5.41, 5.74) is -2.10. The van der Waals surface area contributed by atoms with Gasteiger partial charge in [-0.1, -0.05) is 100 Å². The van der Waals surface area contributed by atoms with E-state index in [1.165, 1.54) is 24.3 Å². The minimum absolute atomic E-state index is 0.00160. The van der Waals surface area contributed by atoms with Crippen LogP contribution < -0.4 is 20.8 Å². The molecule has 1 aliphatic rings. The van der Waals surface area contributed by atoms with Crippen LogP contribution in [-0.2, 0) is 24.3 Å². The number of esters is 1. The molecule has 5 aromatic carbocycles. The SMILES string of the molecule is CCCCC1(CCCC)C(=O)Nc2c(ccc3c(=O)c4cc(C(=O)OCC)cc(NC(=O)O[C@H](c5ccccc5)[C@@H](NS(=O)(=O)c5ccc([N+](=O)[O-])cc5)c5ccccc5)c4oc23)C1=O. The molecule has 336 valence electrons. The monoisotopic (exact) mass is 902 g/mol. The fourth-order valence-electron chi connectivity index (χ4n) is 8.06. The Bertz CT molecular complexity index is 2970. The number of nitrogens with one attached hydrogen (secondary N) is 3. The molecular weight excluding hydrogens is 857 g/mol. The Labute approximate surface area is 373 Å². The number of nitrogens with zero attached hydrogens (tertiary/aromatic N) is 1. The second kappa shape index (κ2) is 19.2. The van der Waals surface area contributed by atoms with E-state index in [2.05, 4.69) is 15.4 Å². The van der Waals surface area contributed by atoms with Crippen molar-refractivity contribution in [2.45, 2.75) is 76.3 Å². The molecule has 6 aromatic rings. The maximum absolute atomic E-state index is 14.4. The number of unbranched alkanes of at least 4 members (excludes halogenated alkanes) is 2. The largest absolute Gasteiger partial charge is 0.462 e. The van der Waals surface area contributed by atoms with Crippen LogP contribution in [0.2, 0.25) is 0 Å². The molecule has 0 bridgehead atoms. The van der Waals surface area contributed by atoms with Crippen molar-refractivity contribution in [3.63, 3.8) is 0 Å². The van der Waals surface area contributed by atoms with Gasteiger partial charge >= 0.3 is 12.1 Å². The molecule has 1 aromatic heterocycles. The quantitative estimate of drug-likeness (QED) is 0.0255. The Hall–Kier alpha value is -7.24. The van der Waals surface area contributed by atoms with E-state index in [4.69, 9.17) is 13.9 Å². The predicted octanol–water partition coefficient (Wildman–Crippen LogP) is 9.54. The molecule has 3 N–H and O–H groups in total. The van der Waals surface area contributed by atoms with Crippen molar-refractivity contribution >= 4 is 72.8 Å². The highest BCUT2D eigenvalue weighted by molar-refractivity contribution is 7.89. The Morgan fingerprint density at radius 3 is 2.05 bits per heavy atom. The first-order chi connectivity index (χ1) is 31.2. The number of nitro groups is 1. The van der Waals surface area contributed by atoms with Crippen LogP contribution in [0.15, 0.2) is 123 Å². The molecule has 0 unspecified atom stereocenters. The molecular formula is C48H46N4O12S. The van der Waals surface area contributed by atoms with Crippen molar-refractivity contribution < 1.29 is 46.4 Å². The molecule has 17 heteroatoms. The van der Waals surface area contributed by atoms with Crippen LogP contribution in [0.1, 0.15) is 103 Å². The van der Waals surface area contributed by atoms with Gasteiger partial charge in [0, 0.05) is 17.7 Å². The minimum Gasteiger partial charge on any atom is -0.462 e. The fourth-order valence-corrected chi connectivity index (χ4v) is 9.29. The van der Waals surface area contributed by atoms with Crippen LogP contribution >= 0.6 is 0 Å². The summed E-state index contributed by atoms with van der Waals surface area (Å²) in [5.74, 6) is -1.71. The lowest BCUT2D eigenvalue weighted by atomic mass is 9.69. The summed E-state index contributed by atoms with van der Waals surface area (Å²) in [6, 6.07) is 24.9. The number of hydrogen-bond donors (Lipinski definition) is 3. The smallest absolute Gasteiger partial charge is 0.412 e. The van der Waals surface area contributed by atoms with Gasteiger partial charge in [0.25, 0.3) is 5.69 Å². The first-order valence-corrected chi connectivity index (χ1v) is 22.7. The number of ketones is 1. The van der Waals surface area contributed by atoms with Gasteiger partial charge in [-0.25, -0.2) is 18.0 Å².